The summed E-state index contributed by atoms with van der Waals surface area (Å²) in [6.07, 6.45) is 0.338. The lowest BCUT2D eigenvalue weighted by molar-refractivity contribution is -2.00. The highest BCUT2D eigenvalue weighted by molar-refractivity contribution is 7.96. The number of rotatable bonds is 5. The molecule has 0 atom stereocenters. The van der Waals surface area contributed by atoms with Gasteiger partial charge in [0.2, 0.25) is 0 Å². The maximum Gasteiger partial charge on any atom is 0.256 e. The number of nitrogens with two attached hydrogens (primary N) is 1. The summed E-state index contributed by atoms with van der Waals surface area (Å²) in [6.45, 7) is 0. The highest BCUT2D eigenvalue weighted by Gasteiger charge is 2.46. The summed E-state index contributed by atoms with van der Waals surface area (Å²) in [6, 6.07) is 30.8. The Morgan fingerprint density at radius 3 is 1.14 bits per heavy atom. The molecule has 0 saturated heterocycles. The zero-order valence-corrected chi connectivity index (χ0v) is 16.5. The van der Waals surface area contributed by atoms with Crippen LogP contribution in [0.15, 0.2) is 91.0 Å². The van der Waals surface area contributed by atoms with E-state index in [0.717, 1.165) is 0 Å². The van der Waals surface area contributed by atoms with E-state index in [2.05, 4.69) is 36.4 Å². The second kappa shape index (κ2) is 9.75. The summed E-state index contributed by atoms with van der Waals surface area (Å²) in [4.78, 5) is 12.0. The second-order valence-corrected chi connectivity index (χ2v) is 10.1. The molecule has 0 aliphatic carbocycles. The van der Waals surface area contributed by atoms with Gasteiger partial charge < -0.3 is 5.73 Å². The molecule has 3 aromatic rings. The van der Waals surface area contributed by atoms with Gasteiger partial charge in [-0.2, -0.15) is 0 Å². The third kappa shape index (κ3) is 6.11. The van der Waals surface area contributed by atoms with Crippen molar-refractivity contribution >= 4 is 29.1 Å². The van der Waals surface area contributed by atoms with Gasteiger partial charge in [-0.3, -0.25) is 4.79 Å². The predicted molar refractivity (Wildman–Crippen MR) is 99.2 cm³/mol. The van der Waals surface area contributed by atoms with E-state index in [-0.39, 0.29) is 5.91 Å². The Balaban J connectivity index is 0.000000500. The molecule has 0 aliphatic heterocycles. The predicted octanol–water partition coefficient (Wildman–Crippen LogP) is -2.29. The molecule has 3 aromatic carbocycles. The van der Waals surface area contributed by atoms with Gasteiger partial charge in [0.1, 0.15) is 23.2 Å². The molecule has 3 rings (SSSR count). The van der Waals surface area contributed by atoms with Crippen molar-refractivity contribution in [2.75, 3.05) is 6.16 Å². The molecule has 8 heteroatoms. The van der Waals surface area contributed by atoms with Crippen molar-refractivity contribution in [1.82, 2.24) is 0 Å². The van der Waals surface area contributed by atoms with E-state index in [1.807, 2.05) is 54.6 Å². The van der Waals surface area contributed by atoms with Crippen molar-refractivity contribution in [3.63, 3.8) is 0 Å². The standard InChI is InChI=1S/C20H18NOP.ClHO4/c21-20(22)16-23(17-10-4-1-5-11-17,18-12-6-2-7-13-18)19-14-8-3-9-15-19;2-1(3,4)5/h1-15H,16H2,(H-,21,22);(H,2,3,4,5). The molecule has 6 nitrogen and oxygen atoms in total. The van der Waals surface area contributed by atoms with Gasteiger partial charge in [0.15, 0.2) is 6.16 Å². The van der Waals surface area contributed by atoms with Crippen LogP contribution in [0, 0.1) is 10.2 Å². The number of amides is 1. The van der Waals surface area contributed by atoms with Crippen LogP contribution in [0.4, 0.5) is 0 Å². The van der Waals surface area contributed by atoms with Crippen molar-refractivity contribution in [3.8, 4) is 0 Å². The van der Waals surface area contributed by atoms with Crippen LogP contribution in [0.3, 0.4) is 0 Å². The Bertz CT molecular complexity index is 771. The molecule has 0 unspecified atom stereocenters. The van der Waals surface area contributed by atoms with Gasteiger partial charge in [-0.15, -0.1) is 10.2 Å². The second-order valence-electron chi connectivity index (χ2n) is 5.82. The van der Waals surface area contributed by atoms with Crippen LogP contribution in [-0.4, -0.2) is 12.1 Å². The Kier molecular flexibility index (Phi) is 7.66. The summed E-state index contributed by atoms with van der Waals surface area (Å²) in [7, 11) is -7.03. The minimum atomic E-state index is -4.94. The van der Waals surface area contributed by atoms with Gasteiger partial charge in [0, 0.05) is 0 Å². The van der Waals surface area contributed by atoms with Gasteiger partial charge in [-0.1, -0.05) is 54.6 Å². The molecule has 0 saturated carbocycles. The highest BCUT2D eigenvalue weighted by Crippen LogP contribution is 2.54. The van der Waals surface area contributed by atoms with Crippen LogP contribution >= 0.6 is 7.26 Å². The van der Waals surface area contributed by atoms with Crippen LogP contribution in [0.5, 0.6) is 0 Å². The number of hydrogen-bond donors (Lipinski definition) is 1. The first-order valence-corrected chi connectivity index (χ1v) is 11.4. The van der Waals surface area contributed by atoms with E-state index in [1.165, 1.54) is 15.9 Å². The highest BCUT2D eigenvalue weighted by atomic mass is 35.7. The molecule has 0 aliphatic rings. The number of carbonyl (C=O) groups is 1. The van der Waals surface area contributed by atoms with Crippen molar-refractivity contribution < 1.29 is 33.7 Å². The molecule has 1 amide bonds. The molecule has 0 aromatic heterocycles. The van der Waals surface area contributed by atoms with Crippen molar-refractivity contribution in [2.45, 2.75) is 0 Å². The number of carbonyl (C=O) groups excluding carboxylic acids is 1. The van der Waals surface area contributed by atoms with Crippen molar-refractivity contribution in [3.05, 3.63) is 91.0 Å². The molecule has 146 valence electrons. The first kappa shape index (κ1) is 22.0. The number of halogens is 1. The summed E-state index contributed by atoms with van der Waals surface area (Å²) in [5.41, 5.74) is 5.68. The minimum Gasteiger partial charge on any atom is -0.366 e. The molecule has 0 radical (unpaired) electrons. The van der Waals surface area contributed by atoms with Crippen LogP contribution < -0.4 is 40.3 Å². The molecule has 0 spiro atoms. The normalized spacial score (nSPS) is 11.3. The lowest BCUT2D eigenvalue weighted by Crippen LogP contribution is -2.68. The Hall–Kier alpha value is -2.31. The number of hydrogen-bond acceptors (Lipinski definition) is 5. The maximum atomic E-state index is 12.0. The van der Waals surface area contributed by atoms with Crippen molar-refractivity contribution in [1.29, 1.82) is 0 Å². The van der Waals surface area contributed by atoms with Gasteiger partial charge in [0.05, 0.1) is 0 Å². The molecule has 0 bridgehead atoms. The van der Waals surface area contributed by atoms with E-state index >= 15 is 0 Å². The summed E-state index contributed by atoms with van der Waals surface area (Å²) in [5.74, 6) is -0.269. The third-order valence-electron chi connectivity index (χ3n) is 3.98. The first-order valence-electron chi connectivity index (χ1n) is 8.18. The lowest BCUT2D eigenvalue weighted by Gasteiger charge is -2.26. The van der Waals surface area contributed by atoms with Gasteiger partial charge in [-0.25, -0.2) is 18.6 Å². The first-order chi connectivity index (χ1) is 13.2. The third-order valence-corrected chi connectivity index (χ3v) is 8.31. The zero-order valence-electron chi connectivity index (χ0n) is 14.8. The monoisotopic (exact) mass is 419 g/mol. The van der Waals surface area contributed by atoms with E-state index in [9.17, 15) is 4.79 Å². The zero-order chi connectivity index (χ0) is 20.6. The minimum absolute atomic E-state index is 0.269. The Morgan fingerprint density at radius 1 is 0.679 bits per heavy atom. The summed E-state index contributed by atoms with van der Waals surface area (Å²) in [5, 5.41) is 3.53. The lowest BCUT2D eigenvalue weighted by atomic mass is 10.4. The molecule has 0 heterocycles. The molecular formula is C20H19ClNO5P. The average Bonchev–Trinajstić information content (AvgIpc) is 2.67. The van der Waals surface area contributed by atoms with Gasteiger partial charge in [0.25, 0.3) is 5.91 Å². The van der Waals surface area contributed by atoms with Crippen LogP contribution in [0.1, 0.15) is 0 Å². The number of primary amides is 1. The molecule has 2 N–H and O–H groups in total. The van der Waals surface area contributed by atoms with Gasteiger partial charge >= 0.3 is 0 Å². The molecular weight excluding hydrogens is 401 g/mol. The fourth-order valence-corrected chi connectivity index (χ4v) is 6.96. The van der Waals surface area contributed by atoms with Crippen LogP contribution in [-0.2, 0) is 4.79 Å². The summed E-state index contributed by atoms with van der Waals surface area (Å²) >= 11 is 0. The van der Waals surface area contributed by atoms with Crippen LogP contribution in [0.2, 0.25) is 0 Å². The van der Waals surface area contributed by atoms with E-state index < -0.39 is 17.5 Å². The van der Waals surface area contributed by atoms with Crippen LogP contribution in [0.25, 0.3) is 0 Å². The van der Waals surface area contributed by atoms with E-state index in [0.29, 0.717) is 6.16 Å². The number of benzene rings is 3. The molecule has 28 heavy (non-hydrogen) atoms. The molecule has 0 fully saturated rings. The summed E-state index contributed by atoms with van der Waals surface area (Å²) < 4.78 is 34.0. The Morgan fingerprint density at radius 2 is 0.929 bits per heavy atom. The SMILES string of the molecule is NC(=O)C[P+](c1ccccc1)(c1ccccc1)c1ccccc1.[O-][Cl+3]([O-])([O-])[O-]. The fourth-order valence-electron chi connectivity index (χ4n) is 3.00. The Labute approximate surface area is 166 Å². The smallest absolute Gasteiger partial charge is 0.256 e. The maximum absolute atomic E-state index is 12.0. The average molecular weight is 420 g/mol. The fraction of sp³-hybridized carbons (Fsp3) is 0.0500. The quantitative estimate of drug-likeness (QED) is 0.464. The van der Waals surface area contributed by atoms with E-state index in [4.69, 9.17) is 24.4 Å². The van der Waals surface area contributed by atoms with Crippen molar-refractivity contribution in [2.24, 2.45) is 5.73 Å². The van der Waals surface area contributed by atoms with Gasteiger partial charge in [-0.05, 0) is 36.4 Å². The topological polar surface area (TPSA) is 135 Å². The van der Waals surface area contributed by atoms with E-state index in [1.54, 1.807) is 0 Å². The largest absolute Gasteiger partial charge is 0.366 e.